The Bertz CT molecular complexity index is 1880. The first-order valence-corrected chi connectivity index (χ1v) is 19.1. The van der Waals surface area contributed by atoms with E-state index in [4.69, 9.17) is 9.47 Å². The van der Waals surface area contributed by atoms with Crippen molar-refractivity contribution in [2.24, 2.45) is 29.6 Å². The number of benzene rings is 4. The van der Waals surface area contributed by atoms with Gasteiger partial charge in [-0.25, -0.2) is 0 Å². The quantitative estimate of drug-likeness (QED) is 0.140. The smallest absolute Gasteiger partial charge is 0.167 e. The molecule has 2 saturated heterocycles. The van der Waals surface area contributed by atoms with Gasteiger partial charge >= 0.3 is 0 Å². The molecule has 0 N–H and O–H groups in total. The molecule has 2 aliphatic heterocycles. The fraction of sp³-hybridized carbons (Fsp3) is 0.500. The number of Topliss-reactive ketones (excluding diaryl/α,β-unsaturated/α-hetero) is 2. The van der Waals surface area contributed by atoms with E-state index in [9.17, 15) is 9.59 Å². The molecule has 0 radical (unpaired) electrons. The summed E-state index contributed by atoms with van der Waals surface area (Å²) in [4.78, 5) is 33.5. The lowest BCUT2D eigenvalue weighted by Gasteiger charge is -2.39. The van der Waals surface area contributed by atoms with Crippen molar-refractivity contribution in [3.8, 4) is 11.5 Å². The van der Waals surface area contributed by atoms with Crippen molar-refractivity contribution in [1.82, 2.24) is 9.80 Å². The van der Waals surface area contributed by atoms with Crippen LogP contribution in [0.2, 0.25) is 0 Å². The average Bonchev–Trinajstić information content (AvgIpc) is 4.11. The third-order valence-electron chi connectivity index (χ3n) is 12.8. The second kappa shape index (κ2) is 14.1. The second-order valence-electron chi connectivity index (χ2n) is 15.7. The summed E-state index contributed by atoms with van der Waals surface area (Å²) < 4.78 is 10.8. The number of piperidine rings is 2. The molecule has 262 valence electrons. The molecule has 0 spiro atoms. The van der Waals surface area contributed by atoms with Crippen LogP contribution in [0.4, 0.5) is 0 Å². The first kappa shape index (κ1) is 33.4. The molecule has 4 fully saturated rings. The topological polar surface area (TPSA) is 59.1 Å². The predicted octanol–water partition coefficient (Wildman–Crippen LogP) is 8.69. The largest absolute Gasteiger partial charge is 0.497 e. The molecular formula is C44H52N2O4. The zero-order chi connectivity index (χ0) is 34.4. The molecule has 4 aromatic carbocycles. The first-order valence-electron chi connectivity index (χ1n) is 19.1. The Labute approximate surface area is 297 Å². The van der Waals surface area contributed by atoms with Crippen LogP contribution >= 0.6 is 0 Å². The van der Waals surface area contributed by atoms with Crippen molar-refractivity contribution in [2.75, 3.05) is 40.4 Å². The van der Waals surface area contributed by atoms with Gasteiger partial charge in [0, 0.05) is 48.1 Å². The van der Waals surface area contributed by atoms with E-state index in [0.29, 0.717) is 41.4 Å². The molecule has 2 aliphatic carbocycles. The summed E-state index contributed by atoms with van der Waals surface area (Å²) in [5, 5.41) is 4.37. The zero-order valence-electron chi connectivity index (χ0n) is 30.0. The van der Waals surface area contributed by atoms with Gasteiger partial charge in [0.1, 0.15) is 11.5 Å². The molecule has 6 heteroatoms. The highest BCUT2D eigenvalue weighted by Crippen LogP contribution is 2.45. The second-order valence-corrected chi connectivity index (χ2v) is 15.7. The maximum Gasteiger partial charge on any atom is 0.167 e. The minimum absolute atomic E-state index is 0.0440. The predicted molar refractivity (Wildman–Crippen MR) is 200 cm³/mol. The Kier molecular flexibility index (Phi) is 9.43. The van der Waals surface area contributed by atoms with Crippen LogP contribution in [0, 0.1) is 29.6 Å². The summed E-state index contributed by atoms with van der Waals surface area (Å²) in [6, 6.07) is 25.7. The highest BCUT2D eigenvalue weighted by atomic mass is 16.5. The van der Waals surface area contributed by atoms with Crippen LogP contribution < -0.4 is 9.47 Å². The fourth-order valence-corrected chi connectivity index (χ4v) is 9.41. The summed E-state index contributed by atoms with van der Waals surface area (Å²) in [7, 11) is 3.38. The van der Waals surface area contributed by atoms with Gasteiger partial charge in [0.15, 0.2) is 11.6 Å². The Morgan fingerprint density at radius 3 is 1.70 bits per heavy atom. The Morgan fingerprint density at radius 1 is 0.620 bits per heavy atom. The minimum Gasteiger partial charge on any atom is -0.497 e. The highest BCUT2D eigenvalue weighted by Gasteiger charge is 2.46. The number of hydrogen-bond acceptors (Lipinski definition) is 6. The standard InChI is InChI=1S/C44H52N2O4/c1-4-28-17-20-46(27-40(28)43(47)35-9-6-32-23-38(49-2)15-11-30(32)21-35)42-25-34(42)8-5-29-18-19-45(37-13-14-37)26-41(29)44(48)36-10-7-33-24-39(50-3)16-12-31(33)22-36/h6-7,9-12,15-16,21-24,28-29,34,37,40-42H,4-5,8,13-14,17-20,25-27H2,1-3H3/t28-,29+,34?,40+,41-,42?/m1/s1. The number of likely N-dealkylation sites (tertiary alicyclic amines) is 2. The van der Waals surface area contributed by atoms with E-state index in [-0.39, 0.29) is 11.8 Å². The van der Waals surface area contributed by atoms with Crippen molar-refractivity contribution in [1.29, 1.82) is 0 Å². The lowest BCUT2D eigenvalue weighted by molar-refractivity contribution is 0.0637. The van der Waals surface area contributed by atoms with Crippen molar-refractivity contribution >= 4 is 33.1 Å². The normalized spacial score (nSPS) is 27.3. The minimum atomic E-state index is 0.0440. The fourth-order valence-electron chi connectivity index (χ4n) is 9.41. The van der Waals surface area contributed by atoms with Crippen LogP contribution in [0.15, 0.2) is 72.8 Å². The van der Waals surface area contributed by atoms with Gasteiger partial charge < -0.3 is 9.47 Å². The monoisotopic (exact) mass is 672 g/mol. The molecule has 6 nitrogen and oxygen atoms in total. The average molecular weight is 673 g/mol. The van der Waals surface area contributed by atoms with E-state index < -0.39 is 0 Å². The SMILES string of the molecule is CC[C@@H]1CCN(C2CC2CC[C@H]2CCN(C3CC3)C[C@H]2C(=O)c2ccc3cc(OC)ccc3c2)C[C@@H]1C(=O)c1ccc2cc(OC)ccc2c1. The summed E-state index contributed by atoms with van der Waals surface area (Å²) in [5.41, 5.74) is 1.68. The van der Waals surface area contributed by atoms with E-state index in [0.717, 1.165) is 96.0 Å². The molecule has 2 saturated carbocycles. The molecule has 0 bridgehead atoms. The van der Waals surface area contributed by atoms with Crippen molar-refractivity contribution in [2.45, 2.75) is 70.4 Å². The maximum absolute atomic E-state index is 14.2. The van der Waals surface area contributed by atoms with E-state index in [1.54, 1.807) is 14.2 Å². The Morgan fingerprint density at radius 2 is 1.12 bits per heavy atom. The molecule has 0 aromatic heterocycles. The zero-order valence-corrected chi connectivity index (χ0v) is 30.0. The molecule has 2 unspecified atom stereocenters. The van der Waals surface area contributed by atoms with Gasteiger partial charge in [-0.1, -0.05) is 49.7 Å². The van der Waals surface area contributed by atoms with Crippen LogP contribution in [0.3, 0.4) is 0 Å². The van der Waals surface area contributed by atoms with E-state index in [1.807, 2.05) is 36.4 Å². The Balaban J connectivity index is 0.918. The van der Waals surface area contributed by atoms with E-state index >= 15 is 0 Å². The van der Waals surface area contributed by atoms with Gasteiger partial charge in [-0.15, -0.1) is 0 Å². The van der Waals surface area contributed by atoms with Gasteiger partial charge in [0.25, 0.3) is 0 Å². The summed E-state index contributed by atoms with van der Waals surface area (Å²) >= 11 is 0. The van der Waals surface area contributed by atoms with Crippen LogP contribution in [-0.4, -0.2) is 73.8 Å². The highest BCUT2D eigenvalue weighted by molar-refractivity contribution is 6.02. The van der Waals surface area contributed by atoms with Crippen LogP contribution in [0.5, 0.6) is 11.5 Å². The molecule has 0 amide bonds. The van der Waals surface area contributed by atoms with Gasteiger partial charge in [0.05, 0.1) is 14.2 Å². The van der Waals surface area contributed by atoms with Crippen LogP contribution in [0.25, 0.3) is 21.5 Å². The van der Waals surface area contributed by atoms with E-state index in [2.05, 4.69) is 53.1 Å². The molecule has 4 aliphatic rings. The number of rotatable bonds is 12. The number of hydrogen-bond donors (Lipinski definition) is 0. The molecule has 50 heavy (non-hydrogen) atoms. The summed E-state index contributed by atoms with van der Waals surface area (Å²) in [5.74, 6) is 3.93. The summed E-state index contributed by atoms with van der Waals surface area (Å²) in [6.45, 7) is 6.24. The van der Waals surface area contributed by atoms with Crippen molar-refractivity contribution in [3.63, 3.8) is 0 Å². The number of nitrogens with zero attached hydrogens (tertiary/aromatic N) is 2. The number of fused-ring (bicyclic) bond motifs is 2. The number of carbonyl (C=O) groups is 2. The maximum atomic E-state index is 14.2. The van der Waals surface area contributed by atoms with Gasteiger partial charge in [-0.05, 0) is 134 Å². The molecular weight excluding hydrogens is 620 g/mol. The molecule has 2 heterocycles. The van der Waals surface area contributed by atoms with Crippen molar-refractivity contribution < 1.29 is 19.1 Å². The third kappa shape index (κ3) is 6.81. The van der Waals surface area contributed by atoms with Crippen LogP contribution in [0.1, 0.15) is 79.0 Å². The molecule has 4 aromatic rings. The number of ether oxygens (including phenoxy) is 2. The van der Waals surface area contributed by atoms with Crippen molar-refractivity contribution in [3.05, 3.63) is 83.9 Å². The number of carbonyl (C=O) groups excluding carboxylic acids is 2. The summed E-state index contributed by atoms with van der Waals surface area (Å²) in [6.07, 6.45) is 9.34. The number of methoxy groups -OCH3 is 2. The molecule has 6 atom stereocenters. The first-order chi connectivity index (χ1) is 24.4. The van der Waals surface area contributed by atoms with Gasteiger partial charge in [-0.2, -0.15) is 0 Å². The number of ketones is 2. The van der Waals surface area contributed by atoms with Gasteiger partial charge in [0.2, 0.25) is 0 Å². The van der Waals surface area contributed by atoms with Crippen LogP contribution in [-0.2, 0) is 0 Å². The third-order valence-corrected chi connectivity index (χ3v) is 12.8. The Hall–Kier alpha value is -3.74. The molecule has 8 rings (SSSR count). The van der Waals surface area contributed by atoms with E-state index in [1.165, 1.54) is 25.7 Å². The lowest BCUT2D eigenvalue weighted by atomic mass is 9.77. The van der Waals surface area contributed by atoms with Gasteiger partial charge in [-0.3, -0.25) is 19.4 Å². The lowest BCUT2D eigenvalue weighted by Crippen LogP contribution is -2.45.